The van der Waals surface area contributed by atoms with Crippen LogP contribution in [0.4, 0.5) is 0 Å². The van der Waals surface area contributed by atoms with Crippen LogP contribution in [-0.2, 0) is 21.3 Å². The minimum atomic E-state index is -3.69. The van der Waals surface area contributed by atoms with Gasteiger partial charge in [0.05, 0.1) is 12.7 Å². The molecule has 0 aliphatic carbocycles. The largest absolute Gasteiger partial charge is 0.495 e. The van der Waals surface area contributed by atoms with Crippen LogP contribution in [0.5, 0.6) is 5.75 Å². The molecule has 6 nitrogen and oxygen atoms in total. The molecule has 0 aliphatic rings. The van der Waals surface area contributed by atoms with E-state index in [-0.39, 0.29) is 23.7 Å². The van der Waals surface area contributed by atoms with Gasteiger partial charge in [-0.15, -0.1) is 0 Å². The van der Waals surface area contributed by atoms with E-state index in [1.165, 1.54) is 20.3 Å². The van der Waals surface area contributed by atoms with E-state index < -0.39 is 15.6 Å². The zero-order valence-corrected chi connectivity index (χ0v) is 13.1. The normalized spacial score (nSPS) is 12.4. The third-order valence-corrected chi connectivity index (χ3v) is 4.42. The van der Waals surface area contributed by atoms with E-state index in [0.29, 0.717) is 0 Å². The minimum Gasteiger partial charge on any atom is -0.495 e. The van der Waals surface area contributed by atoms with E-state index in [0.717, 1.165) is 5.56 Å². The zero-order valence-electron chi connectivity index (χ0n) is 12.3. The number of nitrogens with one attached hydrogen (secondary N) is 1. The Morgan fingerprint density at radius 3 is 2.45 bits per heavy atom. The van der Waals surface area contributed by atoms with E-state index in [2.05, 4.69) is 4.72 Å². The highest BCUT2D eigenvalue weighted by molar-refractivity contribution is 7.89. The maximum Gasteiger partial charge on any atom is 0.244 e. The van der Waals surface area contributed by atoms with Crippen molar-refractivity contribution in [3.63, 3.8) is 0 Å². The molecule has 0 amide bonds. The molecule has 1 aromatic carbocycles. The molecule has 0 spiro atoms. The smallest absolute Gasteiger partial charge is 0.244 e. The maximum atomic E-state index is 12.4. The highest BCUT2D eigenvalue weighted by atomic mass is 32.2. The third kappa shape index (κ3) is 4.17. The molecule has 0 saturated heterocycles. The lowest BCUT2D eigenvalue weighted by atomic mass is 10.1. The Bertz CT molecular complexity index is 555. The Morgan fingerprint density at radius 2 is 1.95 bits per heavy atom. The molecule has 114 valence electrons. The van der Waals surface area contributed by atoms with Crippen molar-refractivity contribution in [3.05, 3.63) is 23.8 Å². The molecule has 0 saturated carbocycles. The summed E-state index contributed by atoms with van der Waals surface area (Å²) in [6.45, 7) is 4.00. The van der Waals surface area contributed by atoms with Crippen LogP contribution in [0.1, 0.15) is 19.4 Å². The fraction of sp³-hybridized carbons (Fsp3) is 0.538. The SMILES string of the molecule is COc1ccc(CN)cc1S(=O)(=O)NCC(C)(C)OC. The molecule has 0 unspecified atom stereocenters. The highest BCUT2D eigenvalue weighted by Gasteiger charge is 2.24. The quantitative estimate of drug-likeness (QED) is 0.779. The van der Waals surface area contributed by atoms with Gasteiger partial charge in [0.2, 0.25) is 10.0 Å². The molecule has 7 heteroatoms. The second kappa shape index (κ2) is 6.53. The Kier molecular flexibility index (Phi) is 5.52. The number of rotatable bonds is 7. The van der Waals surface area contributed by atoms with Crippen LogP contribution in [0.15, 0.2) is 23.1 Å². The van der Waals surface area contributed by atoms with Crippen molar-refractivity contribution >= 4 is 10.0 Å². The molecular weight excluding hydrogens is 280 g/mol. The van der Waals surface area contributed by atoms with Gasteiger partial charge in [-0.1, -0.05) is 6.07 Å². The predicted octanol–water partition coefficient (Wildman–Crippen LogP) is 0.857. The van der Waals surface area contributed by atoms with Crippen LogP contribution in [0, 0.1) is 0 Å². The number of nitrogens with two attached hydrogens (primary N) is 1. The summed E-state index contributed by atoms with van der Waals surface area (Å²) in [5.74, 6) is 0.282. The van der Waals surface area contributed by atoms with Gasteiger partial charge in [-0.05, 0) is 31.5 Å². The summed E-state index contributed by atoms with van der Waals surface area (Å²) in [5, 5.41) is 0. The second-order valence-corrected chi connectivity index (χ2v) is 6.71. The van der Waals surface area contributed by atoms with Crippen molar-refractivity contribution in [1.29, 1.82) is 0 Å². The van der Waals surface area contributed by atoms with E-state index in [4.69, 9.17) is 15.2 Å². The average molecular weight is 302 g/mol. The number of benzene rings is 1. The molecule has 20 heavy (non-hydrogen) atoms. The van der Waals surface area contributed by atoms with Crippen LogP contribution >= 0.6 is 0 Å². The van der Waals surface area contributed by atoms with Crippen LogP contribution in [0.3, 0.4) is 0 Å². The number of methoxy groups -OCH3 is 2. The van der Waals surface area contributed by atoms with Gasteiger partial charge in [-0.2, -0.15) is 0 Å². The van der Waals surface area contributed by atoms with Gasteiger partial charge in [0.25, 0.3) is 0 Å². The molecule has 0 aromatic heterocycles. The van der Waals surface area contributed by atoms with Crippen LogP contribution in [-0.4, -0.2) is 34.8 Å². The first kappa shape index (κ1) is 16.9. The first-order valence-corrected chi connectivity index (χ1v) is 7.66. The van der Waals surface area contributed by atoms with Gasteiger partial charge in [-0.3, -0.25) is 0 Å². The molecule has 0 aliphatic heterocycles. The maximum absolute atomic E-state index is 12.4. The highest BCUT2D eigenvalue weighted by Crippen LogP contribution is 2.25. The van der Waals surface area contributed by atoms with Crippen molar-refractivity contribution in [3.8, 4) is 5.75 Å². The number of hydrogen-bond donors (Lipinski definition) is 2. The zero-order chi connectivity index (χ0) is 15.4. The van der Waals surface area contributed by atoms with Gasteiger partial charge in [0.15, 0.2) is 0 Å². The van der Waals surface area contributed by atoms with E-state index in [1.807, 2.05) is 0 Å². The summed E-state index contributed by atoms with van der Waals surface area (Å²) in [5.41, 5.74) is 5.67. The molecule has 0 heterocycles. The topological polar surface area (TPSA) is 90.7 Å². The predicted molar refractivity (Wildman–Crippen MR) is 77.2 cm³/mol. The van der Waals surface area contributed by atoms with Crippen LogP contribution < -0.4 is 15.2 Å². The van der Waals surface area contributed by atoms with E-state index in [1.54, 1.807) is 26.0 Å². The summed E-state index contributed by atoms with van der Waals surface area (Å²) < 4.78 is 37.5. The summed E-state index contributed by atoms with van der Waals surface area (Å²) in [6, 6.07) is 4.84. The molecule has 0 fully saturated rings. The van der Waals surface area contributed by atoms with Gasteiger partial charge in [0.1, 0.15) is 10.6 Å². The minimum absolute atomic E-state index is 0.0786. The fourth-order valence-electron chi connectivity index (χ4n) is 1.48. The molecule has 1 aromatic rings. The van der Waals surface area contributed by atoms with Crippen molar-refractivity contribution in [2.24, 2.45) is 5.73 Å². The summed E-state index contributed by atoms with van der Waals surface area (Å²) in [6.07, 6.45) is 0. The summed E-state index contributed by atoms with van der Waals surface area (Å²) >= 11 is 0. The molecule has 0 atom stereocenters. The third-order valence-electron chi connectivity index (χ3n) is 2.99. The average Bonchev–Trinajstić information content (AvgIpc) is 2.44. The molecular formula is C13H22N2O4S. The Hall–Kier alpha value is -1.15. The van der Waals surface area contributed by atoms with Gasteiger partial charge >= 0.3 is 0 Å². The van der Waals surface area contributed by atoms with Crippen molar-refractivity contribution in [2.75, 3.05) is 20.8 Å². The first-order valence-electron chi connectivity index (χ1n) is 6.17. The molecule has 3 N–H and O–H groups in total. The van der Waals surface area contributed by atoms with E-state index >= 15 is 0 Å². The molecule has 0 bridgehead atoms. The Balaban J connectivity index is 3.08. The number of hydrogen-bond acceptors (Lipinski definition) is 5. The Morgan fingerprint density at radius 1 is 1.30 bits per heavy atom. The number of sulfonamides is 1. The van der Waals surface area contributed by atoms with Crippen LogP contribution in [0.2, 0.25) is 0 Å². The van der Waals surface area contributed by atoms with Crippen molar-refractivity contribution in [2.45, 2.75) is 30.9 Å². The monoisotopic (exact) mass is 302 g/mol. The fourth-order valence-corrected chi connectivity index (χ4v) is 2.89. The van der Waals surface area contributed by atoms with Gasteiger partial charge < -0.3 is 15.2 Å². The van der Waals surface area contributed by atoms with Crippen molar-refractivity contribution in [1.82, 2.24) is 4.72 Å². The molecule has 1 rings (SSSR count). The summed E-state index contributed by atoms with van der Waals surface area (Å²) in [4.78, 5) is 0.0786. The lowest BCUT2D eigenvalue weighted by Gasteiger charge is -2.23. The number of ether oxygens (including phenoxy) is 2. The molecule has 0 radical (unpaired) electrons. The standard InChI is InChI=1S/C13H22N2O4S/c1-13(2,19-4)9-15-20(16,17)12-7-10(8-14)5-6-11(12)18-3/h5-7,15H,8-9,14H2,1-4H3. The lowest BCUT2D eigenvalue weighted by Crippen LogP contribution is -2.39. The van der Waals surface area contributed by atoms with E-state index in [9.17, 15) is 8.42 Å². The Labute approximate surface area is 120 Å². The van der Waals surface area contributed by atoms with Crippen LogP contribution in [0.25, 0.3) is 0 Å². The lowest BCUT2D eigenvalue weighted by molar-refractivity contribution is 0.0276. The van der Waals surface area contributed by atoms with Gasteiger partial charge in [0, 0.05) is 20.2 Å². The van der Waals surface area contributed by atoms with Crippen molar-refractivity contribution < 1.29 is 17.9 Å². The van der Waals surface area contributed by atoms with Gasteiger partial charge in [-0.25, -0.2) is 13.1 Å². The summed E-state index contributed by atoms with van der Waals surface area (Å²) in [7, 11) is -0.732. The second-order valence-electron chi connectivity index (χ2n) is 4.98. The first-order chi connectivity index (χ1) is 9.25.